The first kappa shape index (κ1) is 22.0. The molecule has 0 spiro atoms. The monoisotopic (exact) mass is 453 g/mol. The summed E-state index contributed by atoms with van der Waals surface area (Å²) in [6.45, 7) is 4.62. The van der Waals surface area contributed by atoms with E-state index in [2.05, 4.69) is 28.3 Å². The summed E-state index contributed by atoms with van der Waals surface area (Å²) in [5.41, 5.74) is 0.918. The van der Waals surface area contributed by atoms with Crippen LogP contribution < -0.4 is 4.90 Å². The minimum Gasteiger partial charge on any atom is -0.379 e. The number of benzene rings is 1. The third-order valence-corrected chi connectivity index (χ3v) is 6.58. The molecule has 1 fully saturated rings. The zero-order chi connectivity index (χ0) is 19.5. The predicted octanol–water partition coefficient (Wildman–Crippen LogP) is 3.15. The molecule has 1 aromatic carbocycles. The molecule has 1 aliphatic heterocycles. The fourth-order valence-electron chi connectivity index (χ4n) is 3.18. The summed E-state index contributed by atoms with van der Waals surface area (Å²) < 4.78 is 8.27. The molecule has 4 rings (SSSR count). The lowest BCUT2D eigenvalue weighted by Crippen LogP contribution is -2.43. The van der Waals surface area contributed by atoms with E-state index in [1.165, 1.54) is 4.90 Å². The van der Waals surface area contributed by atoms with E-state index < -0.39 is 0 Å². The highest BCUT2D eigenvalue weighted by Crippen LogP contribution is 2.32. The SMILES string of the molecule is CSc1ccc2nc(N(CCN3CCOCC3)C(=O)c3nccn3C)sc2c1.Cl. The second-order valence-electron chi connectivity index (χ2n) is 6.60. The van der Waals surface area contributed by atoms with E-state index in [9.17, 15) is 4.79 Å². The molecule has 10 heteroatoms. The van der Waals surface area contributed by atoms with Crippen LogP contribution >= 0.6 is 35.5 Å². The van der Waals surface area contributed by atoms with Crippen LogP contribution in [0.25, 0.3) is 10.2 Å². The molecule has 0 aliphatic carbocycles. The van der Waals surface area contributed by atoms with E-state index in [4.69, 9.17) is 9.72 Å². The number of morpholine rings is 1. The van der Waals surface area contributed by atoms with Gasteiger partial charge in [0.2, 0.25) is 0 Å². The number of halogens is 1. The molecule has 0 N–H and O–H groups in total. The zero-order valence-corrected chi connectivity index (χ0v) is 18.9. The highest BCUT2D eigenvalue weighted by molar-refractivity contribution is 7.98. The van der Waals surface area contributed by atoms with E-state index in [-0.39, 0.29) is 18.3 Å². The number of hydrogen-bond acceptors (Lipinski definition) is 7. The van der Waals surface area contributed by atoms with Gasteiger partial charge >= 0.3 is 0 Å². The van der Waals surface area contributed by atoms with Crippen LogP contribution in [0.5, 0.6) is 0 Å². The maximum atomic E-state index is 13.3. The van der Waals surface area contributed by atoms with Crippen molar-refractivity contribution in [2.45, 2.75) is 4.90 Å². The number of ether oxygens (including phenoxy) is 1. The Balaban J connectivity index is 0.00000240. The number of imidazole rings is 1. The van der Waals surface area contributed by atoms with Gasteiger partial charge in [-0.2, -0.15) is 0 Å². The van der Waals surface area contributed by atoms with Gasteiger partial charge in [0, 0.05) is 50.5 Å². The molecule has 1 saturated heterocycles. The van der Waals surface area contributed by atoms with Crippen molar-refractivity contribution in [2.24, 2.45) is 7.05 Å². The minimum atomic E-state index is -0.120. The Morgan fingerprint density at radius 1 is 1.34 bits per heavy atom. The summed E-state index contributed by atoms with van der Waals surface area (Å²) >= 11 is 3.26. The smallest absolute Gasteiger partial charge is 0.296 e. The molecule has 0 saturated carbocycles. The van der Waals surface area contributed by atoms with Crippen molar-refractivity contribution in [3.8, 4) is 0 Å². The Morgan fingerprint density at radius 3 is 2.83 bits per heavy atom. The number of anilines is 1. The number of carbonyl (C=O) groups excluding carboxylic acids is 1. The van der Waals surface area contributed by atoms with Gasteiger partial charge in [0.1, 0.15) is 0 Å². The number of amides is 1. The summed E-state index contributed by atoms with van der Waals surface area (Å²) in [7, 11) is 1.84. The lowest BCUT2D eigenvalue weighted by atomic mass is 10.3. The Labute approximate surface area is 184 Å². The Hall–Kier alpha value is -1.65. The van der Waals surface area contributed by atoms with Crippen molar-refractivity contribution >= 4 is 56.8 Å². The summed E-state index contributed by atoms with van der Waals surface area (Å²) in [5, 5.41) is 0.717. The van der Waals surface area contributed by atoms with Crippen LogP contribution in [0.2, 0.25) is 0 Å². The number of fused-ring (bicyclic) bond motifs is 1. The van der Waals surface area contributed by atoms with Gasteiger partial charge in [-0.3, -0.25) is 14.6 Å². The van der Waals surface area contributed by atoms with Crippen LogP contribution in [-0.4, -0.2) is 71.0 Å². The fourth-order valence-corrected chi connectivity index (χ4v) is 4.72. The standard InChI is InChI=1S/C19H23N5O2S2.ClH/c1-22-6-5-20-17(22)18(25)24(8-7-23-9-11-26-12-10-23)19-21-15-4-3-14(27-2)13-16(15)28-19;/h3-6,13H,7-12H2,1-2H3;1H. The van der Waals surface area contributed by atoms with Crippen molar-refractivity contribution in [1.29, 1.82) is 0 Å². The van der Waals surface area contributed by atoms with E-state index >= 15 is 0 Å². The fraction of sp³-hybridized carbons (Fsp3) is 0.421. The molecule has 1 amide bonds. The number of carbonyl (C=O) groups is 1. The number of thioether (sulfide) groups is 1. The lowest BCUT2D eigenvalue weighted by Gasteiger charge is -2.29. The second-order valence-corrected chi connectivity index (χ2v) is 8.49. The van der Waals surface area contributed by atoms with Crippen LogP contribution in [0.4, 0.5) is 5.13 Å². The summed E-state index contributed by atoms with van der Waals surface area (Å²) in [6.07, 6.45) is 5.50. The number of aromatic nitrogens is 3. The molecule has 0 atom stereocenters. The lowest BCUT2D eigenvalue weighted by molar-refractivity contribution is 0.0391. The van der Waals surface area contributed by atoms with Gasteiger partial charge in [0.25, 0.3) is 5.91 Å². The number of nitrogens with zero attached hydrogens (tertiary/aromatic N) is 5. The maximum Gasteiger partial charge on any atom is 0.296 e. The third-order valence-electron chi connectivity index (χ3n) is 4.82. The van der Waals surface area contributed by atoms with Gasteiger partial charge in [-0.15, -0.1) is 24.2 Å². The van der Waals surface area contributed by atoms with E-state index in [1.54, 1.807) is 45.0 Å². The van der Waals surface area contributed by atoms with E-state index in [0.29, 0.717) is 12.4 Å². The van der Waals surface area contributed by atoms with Crippen LogP contribution in [0, 0.1) is 0 Å². The first-order chi connectivity index (χ1) is 13.7. The summed E-state index contributed by atoms with van der Waals surface area (Å²) in [4.78, 5) is 27.5. The molecule has 156 valence electrons. The highest BCUT2D eigenvalue weighted by atomic mass is 35.5. The highest BCUT2D eigenvalue weighted by Gasteiger charge is 2.25. The first-order valence-electron chi connectivity index (χ1n) is 9.19. The van der Waals surface area contributed by atoms with Crippen molar-refractivity contribution in [3.05, 3.63) is 36.4 Å². The van der Waals surface area contributed by atoms with Gasteiger partial charge in [0.15, 0.2) is 11.0 Å². The predicted molar refractivity (Wildman–Crippen MR) is 121 cm³/mol. The van der Waals surface area contributed by atoms with Crippen LogP contribution in [0.3, 0.4) is 0 Å². The second kappa shape index (κ2) is 9.90. The number of hydrogen-bond donors (Lipinski definition) is 0. The molecule has 0 unspecified atom stereocenters. The van der Waals surface area contributed by atoms with Gasteiger partial charge in [-0.1, -0.05) is 11.3 Å². The van der Waals surface area contributed by atoms with Crippen molar-refractivity contribution in [3.63, 3.8) is 0 Å². The Bertz CT molecular complexity index is 971. The molecule has 1 aliphatic rings. The largest absolute Gasteiger partial charge is 0.379 e. The molecular formula is C19H24ClN5O2S2. The van der Waals surface area contributed by atoms with Crippen molar-refractivity contribution in [1.82, 2.24) is 19.4 Å². The zero-order valence-electron chi connectivity index (χ0n) is 16.4. The normalized spacial score (nSPS) is 14.7. The topological polar surface area (TPSA) is 63.5 Å². The average Bonchev–Trinajstić information content (AvgIpc) is 3.34. The first-order valence-corrected chi connectivity index (χ1v) is 11.2. The van der Waals surface area contributed by atoms with Gasteiger partial charge < -0.3 is 9.30 Å². The average molecular weight is 454 g/mol. The summed E-state index contributed by atoms with van der Waals surface area (Å²) in [5.74, 6) is 0.302. The maximum absolute atomic E-state index is 13.3. The Kier molecular flexibility index (Phi) is 7.53. The number of thiazole rings is 1. The molecule has 29 heavy (non-hydrogen) atoms. The molecular weight excluding hydrogens is 430 g/mol. The van der Waals surface area contributed by atoms with Crippen LogP contribution in [0.15, 0.2) is 35.5 Å². The molecule has 3 heterocycles. The van der Waals surface area contributed by atoms with Gasteiger partial charge in [-0.25, -0.2) is 9.97 Å². The number of rotatable bonds is 6. The van der Waals surface area contributed by atoms with Crippen molar-refractivity contribution < 1.29 is 9.53 Å². The minimum absolute atomic E-state index is 0. The van der Waals surface area contributed by atoms with Crippen LogP contribution in [0.1, 0.15) is 10.6 Å². The van der Waals surface area contributed by atoms with Gasteiger partial charge in [-0.05, 0) is 24.5 Å². The third kappa shape index (κ3) is 4.92. The van der Waals surface area contributed by atoms with Crippen LogP contribution in [-0.2, 0) is 11.8 Å². The molecule has 0 radical (unpaired) electrons. The van der Waals surface area contributed by atoms with Gasteiger partial charge in [0.05, 0.1) is 23.4 Å². The molecule has 0 bridgehead atoms. The quantitative estimate of drug-likeness (QED) is 0.534. The van der Waals surface area contributed by atoms with E-state index in [1.807, 2.05) is 13.1 Å². The molecule has 3 aromatic rings. The molecule has 2 aromatic heterocycles. The Morgan fingerprint density at radius 2 is 2.14 bits per heavy atom. The molecule has 7 nitrogen and oxygen atoms in total. The summed E-state index contributed by atoms with van der Waals surface area (Å²) in [6, 6.07) is 6.22. The number of aryl methyl sites for hydroxylation is 1. The van der Waals surface area contributed by atoms with Crippen molar-refractivity contribution in [2.75, 3.05) is 50.5 Å². The van der Waals surface area contributed by atoms with E-state index in [0.717, 1.165) is 48.2 Å².